The molecule has 0 aliphatic carbocycles. The van der Waals surface area contributed by atoms with Gasteiger partial charge in [-0.25, -0.2) is 9.59 Å². The van der Waals surface area contributed by atoms with E-state index in [1.807, 2.05) is 102 Å². The van der Waals surface area contributed by atoms with Crippen molar-refractivity contribution in [1.29, 1.82) is 0 Å². The van der Waals surface area contributed by atoms with Crippen molar-refractivity contribution in [2.24, 2.45) is 7.05 Å². The number of hydrogen-bond acceptors (Lipinski definition) is 6. The van der Waals surface area contributed by atoms with E-state index in [-0.39, 0.29) is 0 Å². The van der Waals surface area contributed by atoms with Crippen molar-refractivity contribution in [2.75, 3.05) is 17.2 Å². The van der Waals surface area contributed by atoms with E-state index < -0.39 is 36.5 Å². The zero-order valence-corrected chi connectivity index (χ0v) is 21.5. The molecule has 3 amide bonds. The van der Waals surface area contributed by atoms with Crippen LogP contribution in [0.5, 0.6) is 0 Å². The Kier molecular flexibility index (Phi) is 8.62. The Bertz CT molecular complexity index is 1330. The number of rotatable bonds is 11. The van der Waals surface area contributed by atoms with Crippen LogP contribution in [0, 0.1) is 0 Å². The summed E-state index contributed by atoms with van der Waals surface area (Å²) in [4.78, 5) is 34.7. The standard InChI is InChI=1S/C28H29N7O5/c1-35-24(22(17-30-35)31-23(36)18-29-25(32-26(37)38)33-27(39)40)34-28(19-11-5-2-6-12-19,20-13-7-3-8-14-20)21-15-9-4-10-16-21/h2-17,25,29,32-34H,18H2,1H3,(H,31,36)(H,37,38)(H,39,40). The zero-order valence-electron chi connectivity index (χ0n) is 21.5. The first-order valence-electron chi connectivity index (χ1n) is 12.3. The molecule has 0 spiro atoms. The lowest BCUT2D eigenvalue weighted by atomic mass is 9.77. The van der Waals surface area contributed by atoms with Gasteiger partial charge in [0.25, 0.3) is 0 Å². The second kappa shape index (κ2) is 12.5. The smallest absolute Gasteiger partial charge is 0.407 e. The molecular weight excluding hydrogens is 514 g/mol. The lowest BCUT2D eigenvalue weighted by Gasteiger charge is -2.38. The second-order valence-electron chi connectivity index (χ2n) is 8.76. The number of carboxylic acid groups (broad SMARTS) is 2. The van der Waals surface area contributed by atoms with Crippen LogP contribution in [0.15, 0.2) is 97.2 Å². The third-order valence-corrected chi connectivity index (χ3v) is 6.14. The number of benzene rings is 3. The zero-order chi connectivity index (χ0) is 28.5. The molecule has 12 heteroatoms. The molecule has 206 valence electrons. The van der Waals surface area contributed by atoms with E-state index in [1.165, 1.54) is 6.20 Å². The van der Waals surface area contributed by atoms with Crippen LogP contribution < -0.4 is 26.6 Å². The summed E-state index contributed by atoms with van der Waals surface area (Å²) < 4.78 is 1.60. The fourth-order valence-corrected chi connectivity index (χ4v) is 4.41. The molecule has 7 N–H and O–H groups in total. The first kappa shape index (κ1) is 27.7. The minimum absolute atomic E-state index is 0.371. The van der Waals surface area contributed by atoms with Gasteiger partial charge in [-0.15, -0.1) is 0 Å². The van der Waals surface area contributed by atoms with E-state index in [0.717, 1.165) is 16.7 Å². The predicted octanol–water partition coefficient (Wildman–Crippen LogP) is 3.17. The van der Waals surface area contributed by atoms with E-state index in [9.17, 15) is 14.4 Å². The van der Waals surface area contributed by atoms with Crippen LogP contribution in [-0.2, 0) is 17.4 Å². The van der Waals surface area contributed by atoms with Gasteiger partial charge < -0.3 is 20.8 Å². The molecule has 0 radical (unpaired) electrons. The molecular formula is C28H29N7O5. The number of carbonyl (C=O) groups is 3. The highest BCUT2D eigenvalue weighted by molar-refractivity contribution is 5.95. The normalized spacial score (nSPS) is 11.1. The summed E-state index contributed by atoms with van der Waals surface area (Å²) in [5.74, 6) is -0.0426. The SMILES string of the molecule is Cn1ncc(NC(=O)CNC(NC(=O)O)NC(=O)O)c1NC(c1ccccc1)(c1ccccc1)c1ccccc1. The molecule has 0 saturated heterocycles. The van der Waals surface area contributed by atoms with Gasteiger partial charge in [0.15, 0.2) is 6.29 Å². The Balaban J connectivity index is 1.68. The summed E-state index contributed by atoms with van der Waals surface area (Å²) in [6.07, 6.45) is -2.84. The van der Waals surface area contributed by atoms with Crippen molar-refractivity contribution < 1.29 is 24.6 Å². The van der Waals surface area contributed by atoms with Crippen LogP contribution in [-0.4, -0.2) is 50.9 Å². The Morgan fingerprint density at radius 3 is 1.68 bits per heavy atom. The highest BCUT2D eigenvalue weighted by Gasteiger charge is 2.37. The summed E-state index contributed by atoms with van der Waals surface area (Å²) in [5, 5.41) is 35.0. The maximum Gasteiger partial charge on any atom is 0.407 e. The summed E-state index contributed by atoms with van der Waals surface area (Å²) in [6, 6.07) is 29.7. The van der Waals surface area contributed by atoms with Crippen LogP contribution in [0.3, 0.4) is 0 Å². The van der Waals surface area contributed by atoms with Crippen molar-refractivity contribution >= 4 is 29.6 Å². The summed E-state index contributed by atoms with van der Waals surface area (Å²) >= 11 is 0. The molecule has 4 aromatic rings. The van der Waals surface area contributed by atoms with Gasteiger partial charge >= 0.3 is 12.2 Å². The van der Waals surface area contributed by atoms with Crippen molar-refractivity contribution in [3.63, 3.8) is 0 Å². The highest BCUT2D eigenvalue weighted by atomic mass is 16.4. The molecule has 0 atom stereocenters. The van der Waals surface area contributed by atoms with Gasteiger partial charge in [0.05, 0.1) is 12.7 Å². The summed E-state index contributed by atoms with van der Waals surface area (Å²) in [7, 11) is 1.74. The largest absolute Gasteiger partial charge is 0.465 e. The topological polar surface area (TPSA) is 170 Å². The minimum Gasteiger partial charge on any atom is -0.465 e. The fourth-order valence-electron chi connectivity index (χ4n) is 4.41. The molecule has 12 nitrogen and oxygen atoms in total. The van der Waals surface area contributed by atoms with Gasteiger partial charge in [-0.1, -0.05) is 91.0 Å². The molecule has 4 rings (SSSR count). The summed E-state index contributed by atoms with van der Waals surface area (Å²) in [5.41, 5.74) is 2.35. The van der Waals surface area contributed by atoms with Crippen LogP contribution in [0.4, 0.5) is 21.1 Å². The number of aromatic nitrogens is 2. The van der Waals surface area contributed by atoms with E-state index in [4.69, 9.17) is 10.2 Å². The average molecular weight is 544 g/mol. The van der Waals surface area contributed by atoms with E-state index >= 15 is 0 Å². The molecule has 0 fully saturated rings. The van der Waals surface area contributed by atoms with Gasteiger partial charge in [0.2, 0.25) is 5.91 Å². The number of nitrogens with zero attached hydrogens (tertiary/aromatic N) is 2. The molecule has 3 aromatic carbocycles. The number of anilines is 2. The molecule has 0 saturated carbocycles. The van der Waals surface area contributed by atoms with Crippen molar-refractivity contribution in [3.8, 4) is 0 Å². The second-order valence-corrected chi connectivity index (χ2v) is 8.76. The molecule has 0 unspecified atom stereocenters. The lowest BCUT2D eigenvalue weighted by molar-refractivity contribution is -0.115. The van der Waals surface area contributed by atoms with Crippen LogP contribution in [0.1, 0.15) is 16.7 Å². The van der Waals surface area contributed by atoms with E-state index in [2.05, 4.69) is 21.0 Å². The van der Waals surface area contributed by atoms with E-state index in [1.54, 1.807) is 11.7 Å². The Morgan fingerprint density at radius 2 is 1.25 bits per heavy atom. The third-order valence-electron chi connectivity index (χ3n) is 6.14. The van der Waals surface area contributed by atoms with Crippen LogP contribution in [0.2, 0.25) is 0 Å². The third kappa shape index (κ3) is 6.37. The van der Waals surface area contributed by atoms with Gasteiger partial charge in [0.1, 0.15) is 17.0 Å². The highest BCUT2D eigenvalue weighted by Crippen LogP contribution is 2.41. The Labute approximate surface area is 230 Å². The summed E-state index contributed by atoms with van der Waals surface area (Å²) in [6.45, 7) is -0.402. The molecule has 1 heterocycles. The average Bonchev–Trinajstić information content (AvgIpc) is 3.29. The minimum atomic E-state index is -1.47. The molecule has 0 bridgehead atoms. The number of amides is 3. The number of nitrogens with one attached hydrogen (secondary N) is 5. The lowest BCUT2D eigenvalue weighted by Crippen LogP contribution is -2.57. The van der Waals surface area contributed by atoms with Gasteiger partial charge in [-0.3, -0.25) is 25.4 Å². The van der Waals surface area contributed by atoms with Crippen LogP contribution >= 0.6 is 0 Å². The monoisotopic (exact) mass is 543 g/mol. The molecule has 0 aliphatic heterocycles. The van der Waals surface area contributed by atoms with Gasteiger partial charge in [-0.2, -0.15) is 5.10 Å². The van der Waals surface area contributed by atoms with Crippen LogP contribution in [0.25, 0.3) is 0 Å². The van der Waals surface area contributed by atoms with Crippen molar-refractivity contribution in [2.45, 2.75) is 11.8 Å². The van der Waals surface area contributed by atoms with E-state index in [0.29, 0.717) is 11.5 Å². The maximum atomic E-state index is 12.8. The molecule has 40 heavy (non-hydrogen) atoms. The fraction of sp³-hybridized carbons (Fsp3) is 0.143. The first-order chi connectivity index (χ1) is 19.3. The number of aryl methyl sites for hydroxylation is 1. The maximum absolute atomic E-state index is 12.8. The quantitative estimate of drug-likeness (QED) is 0.112. The molecule has 0 aliphatic rings. The Hall–Kier alpha value is -5.36. The van der Waals surface area contributed by atoms with Gasteiger partial charge in [-0.05, 0) is 16.7 Å². The predicted molar refractivity (Wildman–Crippen MR) is 149 cm³/mol. The number of hydrogen-bond donors (Lipinski definition) is 7. The molecule has 1 aromatic heterocycles. The van der Waals surface area contributed by atoms with Crippen molar-refractivity contribution in [3.05, 3.63) is 114 Å². The first-order valence-corrected chi connectivity index (χ1v) is 12.3. The van der Waals surface area contributed by atoms with Crippen molar-refractivity contribution in [1.82, 2.24) is 25.7 Å². The van der Waals surface area contributed by atoms with Gasteiger partial charge in [0, 0.05) is 7.05 Å². The Morgan fingerprint density at radius 1 is 0.800 bits per heavy atom. The number of carbonyl (C=O) groups excluding carboxylic acids is 1.